The zero-order valence-corrected chi connectivity index (χ0v) is 12.0. The number of nitrogens with two attached hydrogens (primary N) is 1. The first kappa shape index (κ1) is 15.0. The number of carbonyl (C=O) groups excluding carboxylic acids is 1. The minimum atomic E-state index is -0.460. The van der Waals surface area contributed by atoms with Gasteiger partial charge in [0, 0.05) is 12.2 Å². The lowest BCUT2D eigenvalue weighted by molar-refractivity contribution is -0.125. The van der Waals surface area contributed by atoms with Gasteiger partial charge >= 0.3 is 0 Å². The molecule has 0 atom stereocenters. The Kier molecular flexibility index (Phi) is 4.76. The number of benzene rings is 1. The molecule has 1 fully saturated rings. The lowest BCUT2D eigenvalue weighted by atomic mass is 9.79. The van der Waals surface area contributed by atoms with Gasteiger partial charge in [-0.2, -0.15) is 0 Å². The molecule has 1 amide bonds. The van der Waals surface area contributed by atoms with Crippen molar-refractivity contribution in [2.75, 3.05) is 11.9 Å². The Balaban J connectivity index is 2.14. The van der Waals surface area contributed by atoms with Crippen LogP contribution in [0.15, 0.2) is 18.2 Å². The maximum absolute atomic E-state index is 13.3. The highest BCUT2D eigenvalue weighted by atomic mass is 19.1. The van der Waals surface area contributed by atoms with Crippen LogP contribution in [0.4, 0.5) is 10.1 Å². The van der Waals surface area contributed by atoms with Gasteiger partial charge in [0.1, 0.15) is 5.82 Å². The minimum absolute atomic E-state index is 0.0205. The molecular formula is C16H23FN2O. The second-order valence-corrected chi connectivity index (χ2v) is 5.82. The predicted octanol–water partition coefficient (Wildman–Crippen LogP) is 3.37. The number of amides is 1. The molecule has 0 aromatic heterocycles. The molecule has 1 aliphatic rings. The van der Waals surface area contributed by atoms with E-state index in [2.05, 4.69) is 5.32 Å². The highest BCUT2D eigenvalue weighted by Gasteiger charge is 2.37. The van der Waals surface area contributed by atoms with Gasteiger partial charge in [-0.3, -0.25) is 4.79 Å². The molecule has 3 nitrogen and oxygen atoms in total. The number of halogens is 1. The third-order valence-corrected chi connectivity index (χ3v) is 4.35. The van der Waals surface area contributed by atoms with Crippen molar-refractivity contribution in [2.24, 2.45) is 11.1 Å². The molecular weight excluding hydrogens is 255 g/mol. The largest absolute Gasteiger partial charge is 0.329 e. The van der Waals surface area contributed by atoms with E-state index in [1.54, 1.807) is 19.1 Å². The predicted molar refractivity (Wildman–Crippen MR) is 79.0 cm³/mol. The monoisotopic (exact) mass is 278 g/mol. The van der Waals surface area contributed by atoms with E-state index in [1.165, 1.54) is 18.9 Å². The first-order chi connectivity index (χ1) is 9.57. The summed E-state index contributed by atoms with van der Waals surface area (Å²) in [7, 11) is 0. The summed E-state index contributed by atoms with van der Waals surface area (Å²) in [5.74, 6) is -0.279. The van der Waals surface area contributed by atoms with E-state index >= 15 is 0 Å². The molecule has 0 saturated heterocycles. The summed E-state index contributed by atoms with van der Waals surface area (Å²) in [6, 6.07) is 4.64. The van der Waals surface area contributed by atoms with Crippen LogP contribution in [0.1, 0.15) is 44.1 Å². The van der Waals surface area contributed by atoms with E-state index in [0.29, 0.717) is 17.8 Å². The Morgan fingerprint density at radius 3 is 2.50 bits per heavy atom. The number of hydrogen-bond donors (Lipinski definition) is 2. The number of carbonyl (C=O) groups is 1. The zero-order chi connectivity index (χ0) is 14.6. The lowest BCUT2D eigenvalue weighted by Crippen LogP contribution is -2.42. The van der Waals surface area contributed by atoms with Crippen molar-refractivity contribution < 1.29 is 9.18 Å². The summed E-state index contributed by atoms with van der Waals surface area (Å²) in [5, 5.41) is 2.91. The minimum Gasteiger partial charge on any atom is -0.329 e. The molecule has 110 valence electrons. The maximum Gasteiger partial charge on any atom is 0.231 e. The Hall–Kier alpha value is -1.42. The molecule has 0 heterocycles. The van der Waals surface area contributed by atoms with Crippen LogP contribution in [-0.2, 0) is 4.79 Å². The van der Waals surface area contributed by atoms with Gasteiger partial charge in [0.25, 0.3) is 0 Å². The summed E-state index contributed by atoms with van der Waals surface area (Å²) in [4.78, 5) is 12.6. The molecule has 0 spiro atoms. The van der Waals surface area contributed by atoms with Crippen LogP contribution in [0.5, 0.6) is 0 Å². The molecule has 0 bridgehead atoms. The van der Waals surface area contributed by atoms with Crippen molar-refractivity contribution in [2.45, 2.75) is 45.4 Å². The highest BCUT2D eigenvalue weighted by molar-refractivity contribution is 5.95. The van der Waals surface area contributed by atoms with Crippen molar-refractivity contribution in [3.05, 3.63) is 29.6 Å². The van der Waals surface area contributed by atoms with E-state index in [0.717, 1.165) is 25.7 Å². The smallest absolute Gasteiger partial charge is 0.231 e. The molecule has 4 heteroatoms. The summed E-state index contributed by atoms with van der Waals surface area (Å²) < 4.78 is 13.3. The van der Waals surface area contributed by atoms with Crippen molar-refractivity contribution >= 4 is 11.6 Å². The molecule has 0 aliphatic heterocycles. The van der Waals surface area contributed by atoms with Crippen molar-refractivity contribution in [3.8, 4) is 0 Å². The second-order valence-electron chi connectivity index (χ2n) is 5.82. The molecule has 1 aromatic carbocycles. The molecule has 1 aliphatic carbocycles. The topological polar surface area (TPSA) is 55.1 Å². The van der Waals surface area contributed by atoms with Crippen molar-refractivity contribution in [3.63, 3.8) is 0 Å². The first-order valence-electron chi connectivity index (χ1n) is 7.35. The summed E-state index contributed by atoms with van der Waals surface area (Å²) in [5.41, 5.74) is 6.61. The molecule has 0 unspecified atom stereocenters. The first-order valence-corrected chi connectivity index (χ1v) is 7.35. The average molecular weight is 278 g/mol. The maximum atomic E-state index is 13.3. The van der Waals surface area contributed by atoms with E-state index in [9.17, 15) is 9.18 Å². The zero-order valence-electron chi connectivity index (χ0n) is 12.0. The Morgan fingerprint density at radius 1 is 1.30 bits per heavy atom. The van der Waals surface area contributed by atoms with E-state index in [-0.39, 0.29) is 11.7 Å². The standard InChI is InChI=1S/C16H23FN2O/c1-12-10-13(6-7-14(12)17)19-15(20)16(11-18)8-4-2-3-5-9-16/h6-7,10H,2-5,8-9,11,18H2,1H3,(H,19,20). The van der Waals surface area contributed by atoms with Gasteiger partial charge in [-0.25, -0.2) is 4.39 Å². The van der Waals surface area contributed by atoms with Gasteiger partial charge in [0.2, 0.25) is 5.91 Å². The Labute approximate surface area is 119 Å². The average Bonchev–Trinajstić information content (AvgIpc) is 2.69. The van der Waals surface area contributed by atoms with E-state index in [4.69, 9.17) is 5.73 Å². The summed E-state index contributed by atoms with van der Waals surface area (Å²) >= 11 is 0. The number of aryl methyl sites for hydroxylation is 1. The van der Waals surface area contributed by atoms with Crippen molar-refractivity contribution in [1.29, 1.82) is 0 Å². The number of hydrogen-bond acceptors (Lipinski definition) is 2. The van der Waals surface area contributed by atoms with Crippen LogP contribution in [0.25, 0.3) is 0 Å². The van der Waals surface area contributed by atoms with Crippen LogP contribution in [0.2, 0.25) is 0 Å². The van der Waals surface area contributed by atoms with Gasteiger partial charge in [0.15, 0.2) is 0 Å². The van der Waals surface area contributed by atoms with Gasteiger partial charge in [-0.05, 0) is 43.5 Å². The van der Waals surface area contributed by atoms with Gasteiger partial charge < -0.3 is 11.1 Å². The van der Waals surface area contributed by atoms with Crippen molar-refractivity contribution in [1.82, 2.24) is 0 Å². The van der Waals surface area contributed by atoms with Gasteiger partial charge in [-0.15, -0.1) is 0 Å². The molecule has 2 rings (SSSR count). The Bertz CT molecular complexity index is 479. The summed E-state index contributed by atoms with van der Waals surface area (Å²) in [6.07, 6.45) is 6.13. The molecule has 0 radical (unpaired) electrons. The SMILES string of the molecule is Cc1cc(NC(=O)C2(CN)CCCCCC2)ccc1F. The molecule has 20 heavy (non-hydrogen) atoms. The van der Waals surface area contributed by atoms with Crippen LogP contribution in [0.3, 0.4) is 0 Å². The number of rotatable bonds is 3. The number of anilines is 1. The fourth-order valence-electron chi connectivity index (χ4n) is 2.92. The molecule has 3 N–H and O–H groups in total. The fraction of sp³-hybridized carbons (Fsp3) is 0.562. The third-order valence-electron chi connectivity index (χ3n) is 4.35. The lowest BCUT2D eigenvalue weighted by Gasteiger charge is -2.29. The fourth-order valence-corrected chi connectivity index (χ4v) is 2.92. The van der Waals surface area contributed by atoms with Crippen LogP contribution in [-0.4, -0.2) is 12.5 Å². The quantitative estimate of drug-likeness (QED) is 0.833. The van der Waals surface area contributed by atoms with Crippen LogP contribution in [0, 0.1) is 18.2 Å². The molecule has 1 aromatic rings. The second kappa shape index (κ2) is 6.35. The van der Waals surface area contributed by atoms with E-state index < -0.39 is 5.41 Å². The third kappa shape index (κ3) is 3.18. The van der Waals surface area contributed by atoms with Crippen LogP contribution < -0.4 is 11.1 Å². The van der Waals surface area contributed by atoms with Gasteiger partial charge in [0.05, 0.1) is 5.41 Å². The normalized spacial score (nSPS) is 18.4. The molecule has 1 saturated carbocycles. The van der Waals surface area contributed by atoms with Crippen LogP contribution >= 0.6 is 0 Å². The summed E-state index contributed by atoms with van der Waals surface area (Å²) in [6.45, 7) is 2.06. The highest BCUT2D eigenvalue weighted by Crippen LogP contribution is 2.35. The van der Waals surface area contributed by atoms with Gasteiger partial charge in [-0.1, -0.05) is 25.7 Å². The Morgan fingerprint density at radius 2 is 1.95 bits per heavy atom. The number of nitrogens with one attached hydrogen (secondary N) is 1. The van der Waals surface area contributed by atoms with E-state index in [1.807, 2.05) is 0 Å².